The highest BCUT2D eigenvalue weighted by Crippen LogP contribution is 2.29. The summed E-state index contributed by atoms with van der Waals surface area (Å²) in [6.45, 7) is 2.40. The van der Waals surface area contributed by atoms with Crippen molar-refractivity contribution in [1.29, 1.82) is 5.26 Å². The SMILES string of the molecule is Cc1nn(C)c(N2CC(CS)CC2=O)c1C#N. The van der Waals surface area contributed by atoms with Crippen molar-refractivity contribution in [1.82, 2.24) is 9.78 Å². The van der Waals surface area contributed by atoms with Crippen molar-refractivity contribution in [2.24, 2.45) is 13.0 Å². The molecular formula is C11H14N4OS. The van der Waals surface area contributed by atoms with Crippen LogP contribution in [-0.2, 0) is 11.8 Å². The van der Waals surface area contributed by atoms with Gasteiger partial charge in [0.1, 0.15) is 11.6 Å². The van der Waals surface area contributed by atoms with E-state index >= 15 is 0 Å². The van der Waals surface area contributed by atoms with Crippen molar-refractivity contribution in [3.63, 3.8) is 0 Å². The highest BCUT2D eigenvalue weighted by atomic mass is 32.1. The number of aromatic nitrogens is 2. The normalized spacial score (nSPS) is 19.8. The van der Waals surface area contributed by atoms with Gasteiger partial charge in [0.25, 0.3) is 0 Å². The fourth-order valence-corrected chi connectivity index (χ4v) is 2.44. The number of thiol groups is 1. The lowest BCUT2D eigenvalue weighted by Gasteiger charge is -2.16. The molecule has 5 nitrogen and oxygen atoms in total. The Labute approximate surface area is 105 Å². The molecule has 1 saturated heterocycles. The van der Waals surface area contributed by atoms with Crippen LogP contribution in [0.4, 0.5) is 5.82 Å². The van der Waals surface area contributed by atoms with Crippen molar-refractivity contribution >= 4 is 24.4 Å². The Morgan fingerprint density at radius 1 is 1.65 bits per heavy atom. The van der Waals surface area contributed by atoms with Crippen molar-refractivity contribution < 1.29 is 4.79 Å². The molecule has 1 aromatic heterocycles. The molecular weight excluding hydrogens is 236 g/mol. The summed E-state index contributed by atoms with van der Waals surface area (Å²) in [5.41, 5.74) is 1.15. The van der Waals surface area contributed by atoms with Gasteiger partial charge < -0.3 is 0 Å². The second-order valence-electron chi connectivity index (χ2n) is 4.28. The molecule has 0 radical (unpaired) electrons. The molecule has 1 atom stereocenters. The summed E-state index contributed by atoms with van der Waals surface area (Å²) in [5, 5.41) is 13.3. The molecule has 0 aliphatic carbocycles. The Hall–Kier alpha value is -1.48. The number of anilines is 1. The quantitative estimate of drug-likeness (QED) is 0.793. The fourth-order valence-electron chi connectivity index (χ4n) is 2.20. The molecule has 1 amide bonds. The second kappa shape index (κ2) is 4.41. The fraction of sp³-hybridized carbons (Fsp3) is 0.545. The van der Waals surface area contributed by atoms with Crippen molar-refractivity contribution in [3.8, 4) is 6.07 Å². The Morgan fingerprint density at radius 2 is 2.35 bits per heavy atom. The molecule has 2 heterocycles. The van der Waals surface area contributed by atoms with Gasteiger partial charge in [-0.3, -0.25) is 14.4 Å². The van der Waals surface area contributed by atoms with E-state index in [0.29, 0.717) is 35.8 Å². The van der Waals surface area contributed by atoms with Gasteiger partial charge in [0, 0.05) is 20.0 Å². The molecule has 0 N–H and O–H groups in total. The molecule has 1 fully saturated rings. The minimum absolute atomic E-state index is 0.0450. The molecule has 0 bridgehead atoms. The molecule has 1 aliphatic rings. The summed E-state index contributed by atoms with van der Waals surface area (Å²) < 4.78 is 1.60. The van der Waals surface area contributed by atoms with Crippen molar-refractivity contribution in [2.75, 3.05) is 17.2 Å². The van der Waals surface area contributed by atoms with E-state index < -0.39 is 0 Å². The largest absolute Gasteiger partial charge is 0.296 e. The third-order valence-corrected chi connectivity index (χ3v) is 3.54. The number of amides is 1. The molecule has 17 heavy (non-hydrogen) atoms. The van der Waals surface area contributed by atoms with Crippen LogP contribution in [0.5, 0.6) is 0 Å². The molecule has 0 aromatic carbocycles. The number of rotatable bonds is 2. The molecule has 1 aliphatic heterocycles. The Balaban J connectivity index is 2.42. The highest BCUT2D eigenvalue weighted by molar-refractivity contribution is 7.80. The number of hydrogen-bond acceptors (Lipinski definition) is 4. The van der Waals surface area contributed by atoms with Gasteiger partial charge in [-0.1, -0.05) is 0 Å². The van der Waals surface area contributed by atoms with E-state index in [9.17, 15) is 4.79 Å². The number of carbonyl (C=O) groups is 1. The van der Waals surface area contributed by atoms with Gasteiger partial charge >= 0.3 is 0 Å². The first-order chi connectivity index (χ1) is 8.08. The lowest BCUT2D eigenvalue weighted by molar-refractivity contribution is -0.117. The maximum Gasteiger partial charge on any atom is 0.228 e. The number of aryl methyl sites for hydroxylation is 2. The van der Waals surface area contributed by atoms with Gasteiger partial charge in [0.05, 0.1) is 5.69 Å². The van der Waals surface area contributed by atoms with E-state index in [0.717, 1.165) is 0 Å². The first-order valence-electron chi connectivity index (χ1n) is 5.43. The average Bonchev–Trinajstić information content (AvgIpc) is 2.78. The molecule has 90 valence electrons. The van der Waals surface area contributed by atoms with E-state index in [-0.39, 0.29) is 11.8 Å². The molecule has 0 spiro atoms. The highest BCUT2D eigenvalue weighted by Gasteiger charge is 2.33. The maximum atomic E-state index is 11.9. The zero-order valence-corrected chi connectivity index (χ0v) is 10.7. The standard InChI is InChI=1S/C11H14N4OS/c1-7-9(4-12)11(14(2)13-7)15-5-8(6-17)3-10(15)16/h8,17H,3,5-6H2,1-2H3. The van der Waals surface area contributed by atoms with Crippen LogP contribution in [0.1, 0.15) is 17.7 Å². The zero-order valence-electron chi connectivity index (χ0n) is 9.84. The number of nitriles is 1. The van der Waals surface area contributed by atoms with Gasteiger partial charge in [-0.05, 0) is 18.6 Å². The topological polar surface area (TPSA) is 61.9 Å². The van der Waals surface area contributed by atoms with E-state index in [1.165, 1.54) is 0 Å². The van der Waals surface area contributed by atoms with Crippen LogP contribution in [-0.4, -0.2) is 28.0 Å². The summed E-state index contributed by atoms with van der Waals surface area (Å²) in [5.74, 6) is 1.59. The van der Waals surface area contributed by atoms with E-state index in [1.807, 2.05) is 0 Å². The van der Waals surface area contributed by atoms with Crippen molar-refractivity contribution in [3.05, 3.63) is 11.3 Å². The molecule has 1 aromatic rings. The summed E-state index contributed by atoms with van der Waals surface area (Å²) in [6, 6.07) is 2.12. The van der Waals surface area contributed by atoms with Crippen LogP contribution in [0.15, 0.2) is 0 Å². The lowest BCUT2D eigenvalue weighted by atomic mass is 10.1. The first kappa shape index (κ1) is 12.0. The number of hydrogen-bond donors (Lipinski definition) is 1. The van der Waals surface area contributed by atoms with Gasteiger partial charge in [-0.15, -0.1) is 0 Å². The monoisotopic (exact) mass is 250 g/mol. The van der Waals surface area contributed by atoms with Crippen LogP contribution in [0.3, 0.4) is 0 Å². The maximum absolute atomic E-state index is 11.9. The summed E-state index contributed by atoms with van der Waals surface area (Å²) in [4.78, 5) is 13.6. The summed E-state index contributed by atoms with van der Waals surface area (Å²) >= 11 is 4.22. The minimum Gasteiger partial charge on any atom is -0.296 e. The van der Waals surface area contributed by atoms with E-state index in [1.54, 1.807) is 23.6 Å². The summed E-state index contributed by atoms with van der Waals surface area (Å²) in [7, 11) is 1.75. The molecule has 0 saturated carbocycles. The van der Waals surface area contributed by atoms with Gasteiger partial charge in [-0.25, -0.2) is 0 Å². The Morgan fingerprint density at radius 3 is 2.88 bits per heavy atom. The van der Waals surface area contributed by atoms with Gasteiger partial charge in [0.15, 0.2) is 5.82 Å². The van der Waals surface area contributed by atoms with Crippen LogP contribution in [0.2, 0.25) is 0 Å². The van der Waals surface area contributed by atoms with Crippen LogP contribution < -0.4 is 4.90 Å². The van der Waals surface area contributed by atoms with Gasteiger partial charge in [0.2, 0.25) is 5.91 Å². The second-order valence-corrected chi connectivity index (χ2v) is 4.64. The van der Waals surface area contributed by atoms with E-state index in [2.05, 4.69) is 23.8 Å². The predicted molar refractivity (Wildman–Crippen MR) is 67.0 cm³/mol. The van der Waals surface area contributed by atoms with Crippen LogP contribution >= 0.6 is 12.6 Å². The molecule has 1 unspecified atom stereocenters. The average molecular weight is 250 g/mol. The third-order valence-electron chi connectivity index (χ3n) is 3.02. The third kappa shape index (κ3) is 1.91. The molecule has 2 rings (SSSR count). The van der Waals surface area contributed by atoms with Crippen molar-refractivity contribution in [2.45, 2.75) is 13.3 Å². The number of carbonyl (C=O) groups excluding carboxylic acids is 1. The van der Waals surface area contributed by atoms with Gasteiger partial charge in [-0.2, -0.15) is 23.0 Å². The van der Waals surface area contributed by atoms with Crippen LogP contribution in [0, 0.1) is 24.2 Å². The lowest BCUT2D eigenvalue weighted by Crippen LogP contribution is -2.27. The summed E-state index contributed by atoms with van der Waals surface area (Å²) in [6.07, 6.45) is 0.499. The Bertz CT molecular complexity index is 502. The zero-order chi connectivity index (χ0) is 12.6. The minimum atomic E-state index is 0.0450. The first-order valence-corrected chi connectivity index (χ1v) is 6.06. The van der Waals surface area contributed by atoms with Crippen LogP contribution in [0.25, 0.3) is 0 Å². The molecule has 6 heteroatoms. The smallest absolute Gasteiger partial charge is 0.228 e. The number of nitrogens with zero attached hydrogens (tertiary/aromatic N) is 4. The van der Waals surface area contributed by atoms with E-state index in [4.69, 9.17) is 5.26 Å². The predicted octanol–water partition coefficient (Wildman–Crippen LogP) is 0.883. The Kier molecular flexibility index (Phi) is 3.11.